The molecule has 1 atom stereocenters. The molecule has 170 valence electrons. The maximum absolute atomic E-state index is 12.7. The third-order valence-corrected chi connectivity index (χ3v) is 6.41. The minimum absolute atomic E-state index is 0.00467. The van der Waals surface area contributed by atoms with Crippen LogP contribution in [-0.2, 0) is 9.59 Å². The zero-order valence-electron chi connectivity index (χ0n) is 17.9. The second-order valence-corrected chi connectivity index (χ2v) is 9.11. The van der Waals surface area contributed by atoms with Crippen LogP contribution in [0.1, 0.15) is 47.5 Å². The summed E-state index contributed by atoms with van der Waals surface area (Å²) in [7, 11) is 0. The minimum atomic E-state index is -0.352. The van der Waals surface area contributed by atoms with E-state index in [9.17, 15) is 14.4 Å². The van der Waals surface area contributed by atoms with E-state index in [1.165, 1.54) is 11.3 Å². The van der Waals surface area contributed by atoms with E-state index in [0.717, 1.165) is 12.1 Å². The average molecular weight is 484 g/mol. The number of carbonyl (C=O) groups excluding carboxylic acids is 3. The maximum atomic E-state index is 12.7. The Bertz CT molecular complexity index is 1180. The Labute approximate surface area is 200 Å². The highest BCUT2D eigenvalue weighted by Gasteiger charge is 2.34. The third kappa shape index (κ3) is 5.55. The summed E-state index contributed by atoms with van der Waals surface area (Å²) in [5, 5.41) is 15.5. The van der Waals surface area contributed by atoms with Gasteiger partial charge in [0.1, 0.15) is 5.01 Å². The summed E-state index contributed by atoms with van der Waals surface area (Å²) in [6, 6.07) is 13.8. The van der Waals surface area contributed by atoms with Crippen molar-refractivity contribution in [1.82, 2.24) is 10.2 Å². The monoisotopic (exact) mass is 483 g/mol. The van der Waals surface area contributed by atoms with E-state index in [1.54, 1.807) is 41.3 Å². The molecule has 0 radical (unpaired) electrons. The molecule has 2 heterocycles. The van der Waals surface area contributed by atoms with Gasteiger partial charge in [0, 0.05) is 47.3 Å². The molecular formula is C23H22ClN5O3S. The lowest BCUT2D eigenvalue weighted by Crippen LogP contribution is -2.24. The Balaban J connectivity index is 1.40. The number of benzene rings is 2. The molecule has 33 heavy (non-hydrogen) atoms. The van der Waals surface area contributed by atoms with Crippen molar-refractivity contribution in [2.45, 2.75) is 32.1 Å². The van der Waals surface area contributed by atoms with Gasteiger partial charge in [-0.15, -0.1) is 10.2 Å². The van der Waals surface area contributed by atoms with Crippen LogP contribution in [0.4, 0.5) is 16.5 Å². The first-order valence-electron chi connectivity index (χ1n) is 10.5. The minimum Gasteiger partial charge on any atom is -0.326 e. The van der Waals surface area contributed by atoms with Crippen molar-refractivity contribution in [2.75, 3.05) is 22.1 Å². The molecule has 0 spiro atoms. The lowest BCUT2D eigenvalue weighted by Gasteiger charge is -2.16. The van der Waals surface area contributed by atoms with Gasteiger partial charge in [-0.25, -0.2) is 0 Å². The SMILES string of the molecule is CCCC(=O)Nc1cccc(C(=O)Nc2nnc(C3CC(=O)N(c4ccc(Cl)cc4)C3)s2)c1. The number of carbonyl (C=O) groups is 3. The highest BCUT2D eigenvalue weighted by Crippen LogP contribution is 2.34. The standard InChI is InChI=1S/C23H22ClN5O3S/c1-2-4-19(30)25-17-6-3-5-14(11-17)21(32)26-23-28-27-22(33-23)15-12-20(31)29(13-15)18-9-7-16(24)8-10-18/h3,5-11,15H,2,4,12-13H2,1H3,(H,25,30)(H,26,28,32). The van der Waals surface area contributed by atoms with Crippen LogP contribution in [0.3, 0.4) is 0 Å². The predicted molar refractivity (Wildman–Crippen MR) is 129 cm³/mol. The van der Waals surface area contributed by atoms with Crippen LogP contribution in [0, 0.1) is 0 Å². The summed E-state index contributed by atoms with van der Waals surface area (Å²) < 4.78 is 0. The summed E-state index contributed by atoms with van der Waals surface area (Å²) in [4.78, 5) is 38.7. The van der Waals surface area contributed by atoms with E-state index in [-0.39, 0.29) is 23.6 Å². The van der Waals surface area contributed by atoms with Crippen LogP contribution in [0.15, 0.2) is 48.5 Å². The van der Waals surface area contributed by atoms with Crippen molar-refractivity contribution in [1.29, 1.82) is 0 Å². The van der Waals surface area contributed by atoms with Crippen LogP contribution in [0.2, 0.25) is 5.02 Å². The number of anilines is 3. The highest BCUT2D eigenvalue weighted by atomic mass is 35.5. The van der Waals surface area contributed by atoms with Crippen molar-refractivity contribution >= 4 is 57.2 Å². The Hall–Kier alpha value is -3.30. The van der Waals surface area contributed by atoms with Crippen LogP contribution in [-0.4, -0.2) is 34.5 Å². The van der Waals surface area contributed by atoms with Gasteiger partial charge in [-0.05, 0) is 48.9 Å². The van der Waals surface area contributed by atoms with Gasteiger partial charge in [-0.1, -0.05) is 35.9 Å². The molecule has 1 fully saturated rings. The van der Waals surface area contributed by atoms with Gasteiger partial charge in [0.25, 0.3) is 5.91 Å². The Morgan fingerprint density at radius 1 is 1.15 bits per heavy atom. The number of nitrogens with one attached hydrogen (secondary N) is 2. The summed E-state index contributed by atoms with van der Waals surface area (Å²) in [5.74, 6) is -0.546. The number of nitrogens with zero attached hydrogens (tertiary/aromatic N) is 3. The van der Waals surface area contributed by atoms with Crippen molar-refractivity contribution in [2.24, 2.45) is 0 Å². The number of halogens is 1. The fraction of sp³-hybridized carbons (Fsp3) is 0.261. The molecule has 1 aliphatic heterocycles. The Kier molecular flexibility index (Phi) is 7.00. The molecule has 2 aromatic carbocycles. The Morgan fingerprint density at radius 3 is 2.70 bits per heavy atom. The van der Waals surface area contributed by atoms with Crippen LogP contribution >= 0.6 is 22.9 Å². The molecule has 4 rings (SSSR count). The topological polar surface area (TPSA) is 104 Å². The van der Waals surface area contributed by atoms with Gasteiger partial charge in [-0.2, -0.15) is 0 Å². The molecule has 8 nitrogen and oxygen atoms in total. The predicted octanol–water partition coefficient (Wildman–Crippen LogP) is 4.70. The summed E-state index contributed by atoms with van der Waals surface area (Å²) in [5.41, 5.74) is 1.74. The Morgan fingerprint density at radius 2 is 1.94 bits per heavy atom. The lowest BCUT2D eigenvalue weighted by atomic mass is 10.1. The number of aromatic nitrogens is 2. The number of rotatable bonds is 7. The molecule has 0 bridgehead atoms. The van der Waals surface area contributed by atoms with E-state index in [4.69, 9.17) is 11.6 Å². The molecule has 1 saturated heterocycles. The fourth-order valence-corrected chi connectivity index (χ4v) is 4.51. The van der Waals surface area contributed by atoms with Gasteiger partial charge in [-0.3, -0.25) is 19.7 Å². The van der Waals surface area contributed by atoms with E-state index < -0.39 is 0 Å². The molecule has 3 aromatic rings. The van der Waals surface area contributed by atoms with E-state index in [2.05, 4.69) is 20.8 Å². The molecule has 2 N–H and O–H groups in total. The maximum Gasteiger partial charge on any atom is 0.257 e. The first-order chi connectivity index (χ1) is 15.9. The van der Waals surface area contributed by atoms with Crippen molar-refractivity contribution in [3.05, 3.63) is 64.1 Å². The van der Waals surface area contributed by atoms with E-state index in [0.29, 0.717) is 45.8 Å². The van der Waals surface area contributed by atoms with Gasteiger partial charge in [0.05, 0.1) is 0 Å². The van der Waals surface area contributed by atoms with E-state index >= 15 is 0 Å². The lowest BCUT2D eigenvalue weighted by molar-refractivity contribution is -0.117. The molecular weight excluding hydrogens is 462 g/mol. The molecule has 1 unspecified atom stereocenters. The fourth-order valence-electron chi connectivity index (χ4n) is 3.55. The summed E-state index contributed by atoms with van der Waals surface area (Å²) in [6.07, 6.45) is 1.49. The number of amides is 3. The smallest absolute Gasteiger partial charge is 0.257 e. The number of hydrogen-bond acceptors (Lipinski definition) is 6. The van der Waals surface area contributed by atoms with Gasteiger partial charge in [0.2, 0.25) is 16.9 Å². The quantitative estimate of drug-likeness (QED) is 0.506. The van der Waals surface area contributed by atoms with E-state index in [1.807, 2.05) is 19.1 Å². The molecule has 1 aromatic heterocycles. The molecule has 0 aliphatic carbocycles. The molecule has 10 heteroatoms. The summed E-state index contributed by atoms with van der Waals surface area (Å²) in [6.45, 7) is 2.42. The molecule has 1 aliphatic rings. The van der Waals surface area contributed by atoms with Crippen LogP contribution in [0.5, 0.6) is 0 Å². The highest BCUT2D eigenvalue weighted by molar-refractivity contribution is 7.15. The first-order valence-corrected chi connectivity index (χ1v) is 11.7. The number of hydrogen-bond donors (Lipinski definition) is 2. The van der Waals surface area contributed by atoms with Gasteiger partial charge >= 0.3 is 0 Å². The van der Waals surface area contributed by atoms with Crippen molar-refractivity contribution in [3.63, 3.8) is 0 Å². The zero-order valence-corrected chi connectivity index (χ0v) is 19.4. The van der Waals surface area contributed by atoms with Crippen molar-refractivity contribution in [3.8, 4) is 0 Å². The second-order valence-electron chi connectivity index (χ2n) is 7.66. The largest absolute Gasteiger partial charge is 0.326 e. The second kappa shape index (κ2) is 10.1. The average Bonchev–Trinajstić information content (AvgIpc) is 3.41. The molecule has 3 amide bonds. The third-order valence-electron chi connectivity index (χ3n) is 5.16. The van der Waals surface area contributed by atoms with Crippen LogP contribution < -0.4 is 15.5 Å². The van der Waals surface area contributed by atoms with Crippen LogP contribution in [0.25, 0.3) is 0 Å². The normalized spacial score (nSPS) is 15.5. The van der Waals surface area contributed by atoms with Gasteiger partial charge < -0.3 is 10.2 Å². The van der Waals surface area contributed by atoms with Crippen molar-refractivity contribution < 1.29 is 14.4 Å². The molecule has 0 saturated carbocycles. The first kappa shape index (κ1) is 22.9. The van der Waals surface area contributed by atoms with Gasteiger partial charge in [0.15, 0.2) is 0 Å². The zero-order chi connectivity index (χ0) is 23.4. The summed E-state index contributed by atoms with van der Waals surface area (Å²) >= 11 is 7.19.